The number of carbonyl (C=O) groups is 1. The van der Waals surface area contributed by atoms with E-state index in [2.05, 4.69) is 14.4 Å². The third-order valence-electron chi connectivity index (χ3n) is 3.99. The Balaban J connectivity index is 1.68. The molecule has 0 aliphatic rings. The van der Waals surface area contributed by atoms with E-state index < -0.39 is 16.0 Å². The minimum atomic E-state index is -3.55. The van der Waals surface area contributed by atoms with E-state index in [1.165, 1.54) is 7.11 Å². The van der Waals surface area contributed by atoms with Crippen molar-refractivity contribution in [2.75, 3.05) is 7.11 Å². The highest BCUT2D eigenvalue weighted by Crippen LogP contribution is 2.15. The fourth-order valence-corrected chi connectivity index (χ4v) is 3.74. The van der Waals surface area contributed by atoms with Crippen LogP contribution in [0.2, 0.25) is 0 Å². The van der Waals surface area contributed by atoms with Crippen LogP contribution in [0.4, 0.5) is 0 Å². The van der Waals surface area contributed by atoms with Gasteiger partial charge in [0.15, 0.2) is 0 Å². The van der Waals surface area contributed by atoms with Gasteiger partial charge in [0, 0.05) is 18.9 Å². The second-order valence-corrected chi connectivity index (χ2v) is 7.67. The summed E-state index contributed by atoms with van der Waals surface area (Å²) in [7, 11) is -2.25. The van der Waals surface area contributed by atoms with Crippen LogP contribution >= 0.6 is 0 Å². The van der Waals surface area contributed by atoms with Crippen LogP contribution in [0.25, 0.3) is 5.69 Å². The summed E-state index contributed by atoms with van der Waals surface area (Å²) in [6, 6.07) is 13.8. The van der Waals surface area contributed by atoms with Crippen molar-refractivity contribution >= 4 is 16.0 Å². The number of esters is 1. The van der Waals surface area contributed by atoms with Gasteiger partial charge in [0.25, 0.3) is 0 Å². The van der Waals surface area contributed by atoms with Crippen LogP contribution < -0.4 is 4.72 Å². The lowest BCUT2D eigenvalue weighted by atomic mass is 10.1. The molecule has 3 rings (SSSR count). The molecule has 0 radical (unpaired) electrons. The molecular weight excluding hydrogens is 366 g/mol. The number of hydrogen-bond acceptors (Lipinski definition) is 5. The number of ether oxygens (including phenoxy) is 1. The first-order valence-electron chi connectivity index (χ1n) is 8.19. The van der Waals surface area contributed by atoms with Gasteiger partial charge in [0.05, 0.1) is 30.4 Å². The first kappa shape index (κ1) is 18.8. The fourth-order valence-electron chi connectivity index (χ4n) is 2.63. The van der Waals surface area contributed by atoms with Gasteiger partial charge in [0.2, 0.25) is 10.0 Å². The molecule has 8 heteroatoms. The third-order valence-corrected chi connectivity index (χ3v) is 5.29. The van der Waals surface area contributed by atoms with Crippen LogP contribution in [0.5, 0.6) is 0 Å². The molecule has 3 aromatic rings. The number of rotatable bonds is 7. The number of nitrogens with one attached hydrogen (secondary N) is 1. The maximum absolute atomic E-state index is 12.4. The van der Waals surface area contributed by atoms with Gasteiger partial charge in [-0.3, -0.25) is 0 Å². The Labute approximate surface area is 157 Å². The monoisotopic (exact) mass is 385 g/mol. The van der Waals surface area contributed by atoms with E-state index in [4.69, 9.17) is 0 Å². The zero-order valence-electron chi connectivity index (χ0n) is 14.7. The van der Waals surface area contributed by atoms with Gasteiger partial charge in [-0.15, -0.1) is 0 Å². The smallest absolute Gasteiger partial charge is 0.337 e. The molecule has 0 aliphatic carbocycles. The molecule has 27 heavy (non-hydrogen) atoms. The van der Waals surface area contributed by atoms with Crippen molar-refractivity contribution < 1.29 is 17.9 Å². The van der Waals surface area contributed by atoms with E-state index in [-0.39, 0.29) is 12.3 Å². The van der Waals surface area contributed by atoms with Gasteiger partial charge in [0.1, 0.15) is 0 Å². The highest BCUT2D eigenvalue weighted by Gasteiger charge is 2.14. The lowest BCUT2D eigenvalue weighted by molar-refractivity contribution is 0.0600. The van der Waals surface area contributed by atoms with Crippen LogP contribution in [0.15, 0.2) is 67.3 Å². The van der Waals surface area contributed by atoms with E-state index in [9.17, 15) is 13.2 Å². The van der Waals surface area contributed by atoms with Gasteiger partial charge in [-0.05, 0) is 29.3 Å². The van der Waals surface area contributed by atoms with Gasteiger partial charge < -0.3 is 9.30 Å². The summed E-state index contributed by atoms with van der Waals surface area (Å²) >= 11 is 0. The minimum Gasteiger partial charge on any atom is -0.465 e. The van der Waals surface area contributed by atoms with Crippen molar-refractivity contribution in [3.05, 3.63) is 83.9 Å². The number of aromatic nitrogens is 2. The van der Waals surface area contributed by atoms with Crippen LogP contribution in [0.3, 0.4) is 0 Å². The summed E-state index contributed by atoms with van der Waals surface area (Å²) in [6.45, 7) is 0.164. The van der Waals surface area contributed by atoms with Crippen molar-refractivity contribution in [3.63, 3.8) is 0 Å². The van der Waals surface area contributed by atoms with Crippen molar-refractivity contribution in [1.82, 2.24) is 14.3 Å². The third kappa shape index (κ3) is 4.81. The molecule has 0 saturated heterocycles. The Hall–Kier alpha value is -2.97. The van der Waals surface area contributed by atoms with Crippen molar-refractivity contribution in [2.24, 2.45) is 0 Å². The van der Waals surface area contributed by atoms with Gasteiger partial charge in [-0.2, -0.15) is 0 Å². The van der Waals surface area contributed by atoms with Crippen molar-refractivity contribution in [3.8, 4) is 5.69 Å². The second-order valence-electron chi connectivity index (χ2n) is 5.87. The molecule has 0 spiro atoms. The lowest BCUT2D eigenvalue weighted by Crippen LogP contribution is -2.25. The Morgan fingerprint density at radius 1 is 1.15 bits per heavy atom. The summed E-state index contributed by atoms with van der Waals surface area (Å²) in [5.41, 5.74) is 2.65. The zero-order chi connectivity index (χ0) is 19.3. The number of methoxy groups -OCH3 is 1. The average Bonchev–Trinajstić information content (AvgIpc) is 3.21. The van der Waals surface area contributed by atoms with E-state index >= 15 is 0 Å². The molecular formula is C19H19N3O4S. The number of para-hydroxylation sites is 1. The topological polar surface area (TPSA) is 90.3 Å². The number of imidazole rings is 1. The van der Waals surface area contributed by atoms with Gasteiger partial charge in [-0.25, -0.2) is 22.9 Å². The van der Waals surface area contributed by atoms with Crippen LogP contribution in [-0.4, -0.2) is 31.0 Å². The first-order chi connectivity index (χ1) is 13.0. The summed E-state index contributed by atoms with van der Waals surface area (Å²) in [5, 5.41) is 0. The molecule has 0 unspecified atom stereocenters. The molecule has 0 bridgehead atoms. The largest absolute Gasteiger partial charge is 0.465 e. The maximum Gasteiger partial charge on any atom is 0.337 e. The molecule has 1 heterocycles. The quantitative estimate of drug-likeness (QED) is 0.630. The Morgan fingerprint density at radius 3 is 2.56 bits per heavy atom. The Bertz CT molecular complexity index is 1010. The Morgan fingerprint density at radius 2 is 1.89 bits per heavy atom. The number of hydrogen-bond donors (Lipinski definition) is 1. The van der Waals surface area contributed by atoms with Crippen LogP contribution in [-0.2, 0) is 27.1 Å². The summed E-state index contributed by atoms with van der Waals surface area (Å²) in [5.74, 6) is -0.638. The average molecular weight is 385 g/mol. The minimum absolute atomic E-state index is 0.164. The molecule has 7 nitrogen and oxygen atoms in total. The molecule has 1 N–H and O–H groups in total. The zero-order valence-corrected chi connectivity index (χ0v) is 15.5. The van der Waals surface area contributed by atoms with E-state index in [1.807, 2.05) is 28.8 Å². The normalized spacial score (nSPS) is 11.3. The summed E-state index contributed by atoms with van der Waals surface area (Å²) in [4.78, 5) is 15.5. The van der Waals surface area contributed by atoms with Gasteiger partial charge >= 0.3 is 5.97 Å². The number of benzene rings is 2. The second kappa shape index (κ2) is 8.15. The highest BCUT2D eigenvalue weighted by atomic mass is 32.2. The molecule has 0 atom stereocenters. The van der Waals surface area contributed by atoms with Gasteiger partial charge in [-0.1, -0.05) is 30.3 Å². The highest BCUT2D eigenvalue weighted by molar-refractivity contribution is 7.88. The van der Waals surface area contributed by atoms with E-state index in [0.29, 0.717) is 11.1 Å². The maximum atomic E-state index is 12.4. The molecule has 0 fully saturated rings. The number of carbonyl (C=O) groups excluding carboxylic acids is 1. The molecule has 140 valence electrons. The molecule has 2 aromatic carbocycles. The van der Waals surface area contributed by atoms with Crippen molar-refractivity contribution in [1.29, 1.82) is 0 Å². The Kier molecular flexibility index (Phi) is 5.68. The predicted molar refractivity (Wildman–Crippen MR) is 101 cm³/mol. The summed E-state index contributed by atoms with van der Waals surface area (Å²) in [6.07, 6.45) is 5.13. The first-order valence-corrected chi connectivity index (χ1v) is 9.84. The summed E-state index contributed by atoms with van der Waals surface area (Å²) < 4.78 is 33.9. The standard InChI is InChI=1S/C19H19N3O4S/c1-26-19(23)16-8-6-15(7-9-16)13-27(24,25)21-12-17-4-2-3-5-18(17)22-11-10-20-14-22/h2-11,14,21H,12-13H2,1H3. The number of nitrogens with zero attached hydrogens (tertiary/aromatic N) is 2. The van der Waals surface area contributed by atoms with E-state index in [1.54, 1.807) is 43.0 Å². The SMILES string of the molecule is COC(=O)c1ccc(CS(=O)(=O)NCc2ccccc2-n2ccnc2)cc1. The van der Waals surface area contributed by atoms with E-state index in [0.717, 1.165) is 11.3 Å². The molecule has 0 aliphatic heterocycles. The van der Waals surface area contributed by atoms with Crippen LogP contribution in [0.1, 0.15) is 21.5 Å². The molecule has 0 saturated carbocycles. The molecule has 0 amide bonds. The van der Waals surface area contributed by atoms with Crippen molar-refractivity contribution in [2.45, 2.75) is 12.3 Å². The van der Waals surface area contributed by atoms with Crippen LogP contribution in [0, 0.1) is 0 Å². The number of sulfonamides is 1. The fraction of sp³-hybridized carbons (Fsp3) is 0.158. The lowest BCUT2D eigenvalue weighted by Gasteiger charge is -2.12. The molecule has 1 aromatic heterocycles. The predicted octanol–water partition coefficient (Wildman–Crippen LogP) is 2.28.